The standard InChI is InChI=1S/C23H27N3O2/c1-17-15-19-7-5-6-10-21(19)26(17)16-22(27)25-13-11-18(12-14-25)23(28)24-20-8-3-2-4-9-20/h2-10,17-18H,11-16H2,1H3,(H,24,28). The van der Waals surface area contributed by atoms with Crippen molar-refractivity contribution in [2.24, 2.45) is 5.92 Å². The van der Waals surface area contributed by atoms with Gasteiger partial charge in [0.2, 0.25) is 11.8 Å². The molecule has 2 aliphatic heterocycles. The largest absolute Gasteiger partial charge is 0.359 e. The zero-order chi connectivity index (χ0) is 19.5. The molecule has 2 aromatic carbocycles. The van der Waals surface area contributed by atoms with Crippen molar-refractivity contribution < 1.29 is 9.59 Å². The molecule has 2 heterocycles. The van der Waals surface area contributed by atoms with Crippen molar-refractivity contribution in [1.82, 2.24) is 4.90 Å². The summed E-state index contributed by atoms with van der Waals surface area (Å²) in [5, 5.41) is 2.98. The van der Waals surface area contributed by atoms with E-state index in [1.165, 1.54) is 11.3 Å². The van der Waals surface area contributed by atoms with Crippen LogP contribution < -0.4 is 10.2 Å². The molecule has 1 N–H and O–H groups in total. The van der Waals surface area contributed by atoms with E-state index in [-0.39, 0.29) is 17.7 Å². The van der Waals surface area contributed by atoms with E-state index >= 15 is 0 Å². The van der Waals surface area contributed by atoms with Gasteiger partial charge in [-0.1, -0.05) is 36.4 Å². The molecule has 1 fully saturated rings. The first kappa shape index (κ1) is 18.5. The van der Waals surface area contributed by atoms with Crippen LogP contribution in [0.2, 0.25) is 0 Å². The smallest absolute Gasteiger partial charge is 0.242 e. The summed E-state index contributed by atoms with van der Waals surface area (Å²) in [6.45, 7) is 3.89. The molecule has 4 rings (SSSR count). The Bertz CT molecular complexity index is 844. The molecule has 2 aromatic rings. The highest BCUT2D eigenvalue weighted by atomic mass is 16.2. The topological polar surface area (TPSA) is 52.7 Å². The second-order valence-corrected chi connectivity index (χ2v) is 7.82. The molecule has 0 aromatic heterocycles. The fraction of sp³-hybridized carbons (Fsp3) is 0.391. The Morgan fingerprint density at radius 3 is 2.43 bits per heavy atom. The number of carbonyl (C=O) groups excluding carboxylic acids is 2. The number of benzene rings is 2. The third-order valence-electron chi connectivity index (χ3n) is 5.91. The molecule has 0 bridgehead atoms. The van der Waals surface area contributed by atoms with E-state index in [9.17, 15) is 9.59 Å². The number of hydrogen-bond donors (Lipinski definition) is 1. The van der Waals surface area contributed by atoms with Gasteiger partial charge in [-0.15, -0.1) is 0 Å². The Balaban J connectivity index is 1.30. The molecule has 146 valence electrons. The van der Waals surface area contributed by atoms with Crippen LogP contribution in [-0.4, -0.2) is 42.4 Å². The van der Waals surface area contributed by atoms with Crippen LogP contribution in [0.25, 0.3) is 0 Å². The van der Waals surface area contributed by atoms with Crippen molar-refractivity contribution in [1.29, 1.82) is 0 Å². The minimum atomic E-state index is -0.0318. The van der Waals surface area contributed by atoms with Gasteiger partial charge in [0.1, 0.15) is 0 Å². The van der Waals surface area contributed by atoms with Gasteiger partial charge >= 0.3 is 0 Å². The number of para-hydroxylation sites is 2. The molecule has 2 aliphatic rings. The molecule has 1 unspecified atom stereocenters. The molecule has 1 saturated heterocycles. The average molecular weight is 377 g/mol. The van der Waals surface area contributed by atoms with Crippen molar-refractivity contribution in [2.45, 2.75) is 32.2 Å². The zero-order valence-electron chi connectivity index (χ0n) is 16.3. The number of nitrogens with zero attached hydrogens (tertiary/aromatic N) is 2. The molecule has 0 saturated carbocycles. The second kappa shape index (κ2) is 8.05. The van der Waals surface area contributed by atoms with E-state index in [2.05, 4.69) is 35.3 Å². The molecule has 5 nitrogen and oxygen atoms in total. The van der Waals surface area contributed by atoms with E-state index < -0.39 is 0 Å². The first-order valence-electron chi connectivity index (χ1n) is 10.1. The van der Waals surface area contributed by atoms with Gasteiger partial charge in [-0.2, -0.15) is 0 Å². The lowest BCUT2D eigenvalue weighted by molar-refractivity contribution is -0.133. The van der Waals surface area contributed by atoms with Gasteiger partial charge in [0.25, 0.3) is 0 Å². The molecule has 0 aliphatic carbocycles. The Hall–Kier alpha value is -2.82. The maximum absolute atomic E-state index is 12.9. The summed E-state index contributed by atoms with van der Waals surface area (Å²) in [6, 6.07) is 18.2. The normalized spacial score (nSPS) is 19.4. The average Bonchev–Trinajstić information content (AvgIpc) is 3.04. The fourth-order valence-electron chi connectivity index (χ4n) is 4.27. The number of piperidine rings is 1. The van der Waals surface area contributed by atoms with E-state index in [0.29, 0.717) is 25.7 Å². The SMILES string of the molecule is CC1Cc2ccccc2N1CC(=O)N1CCC(C(=O)Nc2ccccc2)CC1. The van der Waals surface area contributed by atoms with Crippen LogP contribution in [0.4, 0.5) is 11.4 Å². The first-order valence-corrected chi connectivity index (χ1v) is 10.1. The number of carbonyl (C=O) groups is 2. The minimum Gasteiger partial charge on any atom is -0.359 e. The molecule has 1 atom stereocenters. The lowest BCUT2D eigenvalue weighted by Gasteiger charge is -2.34. The third-order valence-corrected chi connectivity index (χ3v) is 5.91. The number of fused-ring (bicyclic) bond motifs is 1. The molecular weight excluding hydrogens is 350 g/mol. The van der Waals surface area contributed by atoms with Crippen molar-refractivity contribution in [2.75, 3.05) is 29.9 Å². The number of amides is 2. The lowest BCUT2D eigenvalue weighted by Crippen LogP contribution is -2.46. The minimum absolute atomic E-state index is 0.0318. The molecule has 2 amide bonds. The van der Waals surface area contributed by atoms with Crippen molar-refractivity contribution >= 4 is 23.2 Å². The van der Waals surface area contributed by atoms with Crippen molar-refractivity contribution in [3.63, 3.8) is 0 Å². The Morgan fingerprint density at radius 2 is 1.68 bits per heavy atom. The van der Waals surface area contributed by atoms with Gasteiger partial charge in [0, 0.05) is 36.4 Å². The van der Waals surface area contributed by atoms with E-state index in [4.69, 9.17) is 0 Å². The number of anilines is 2. The number of hydrogen-bond acceptors (Lipinski definition) is 3. The van der Waals surface area contributed by atoms with Crippen LogP contribution >= 0.6 is 0 Å². The first-order chi connectivity index (χ1) is 13.6. The van der Waals surface area contributed by atoms with Gasteiger partial charge in [0.05, 0.1) is 6.54 Å². The Morgan fingerprint density at radius 1 is 1.00 bits per heavy atom. The van der Waals surface area contributed by atoms with Gasteiger partial charge in [-0.3, -0.25) is 9.59 Å². The maximum atomic E-state index is 12.9. The van der Waals surface area contributed by atoms with E-state index in [1.807, 2.05) is 41.3 Å². The quantitative estimate of drug-likeness (QED) is 0.889. The number of nitrogens with one attached hydrogen (secondary N) is 1. The van der Waals surface area contributed by atoms with E-state index in [0.717, 1.165) is 24.9 Å². The molecule has 5 heteroatoms. The van der Waals surface area contributed by atoms with Gasteiger partial charge in [-0.25, -0.2) is 0 Å². The molecule has 0 spiro atoms. The monoisotopic (exact) mass is 377 g/mol. The third kappa shape index (κ3) is 3.88. The summed E-state index contributed by atoms with van der Waals surface area (Å²) >= 11 is 0. The zero-order valence-corrected chi connectivity index (χ0v) is 16.3. The van der Waals surface area contributed by atoms with Crippen LogP contribution in [0.3, 0.4) is 0 Å². The van der Waals surface area contributed by atoms with Crippen molar-refractivity contribution in [3.8, 4) is 0 Å². The molecular formula is C23H27N3O2. The van der Waals surface area contributed by atoms with Crippen molar-refractivity contribution in [3.05, 3.63) is 60.2 Å². The molecule has 0 radical (unpaired) electrons. The van der Waals surface area contributed by atoms with Crippen LogP contribution in [-0.2, 0) is 16.0 Å². The van der Waals surface area contributed by atoms with Gasteiger partial charge in [0.15, 0.2) is 0 Å². The fourth-order valence-corrected chi connectivity index (χ4v) is 4.27. The van der Waals surface area contributed by atoms with Crippen LogP contribution in [0.1, 0.15) is 25.3 Å². The summed E-state index contributed by atoms with van der Waals surface area (Å²) in [6.07, 6.45) is 2.43. The molecule has 28 heavy (non-hydrogen) atoms. The van der Waals surface area contributed by atoms with Gasteiger partial charge < -0.3 is 15.1 Å². The Kier molecular flexibility index (Phi) is 5.33. The lowest BCUT2D eigenvalue weighted by atomic mass is 9.95. The maximum Gasteiger partial charge on any atom is 0.242 e. The Labute approximate surface area is 166 Å². The highest BCUT2D eigenvalue weighted by Crippen LogP contribution is 2.31. The van der Waals surface area contributed by atoms with Crippen LogP contribution in [0.5, 0.6) is 0 Å². The summed E-state index contributed by atoms with van der Waals surface area (Å²) in [5.41, 5.74) is 3.33. The number of rotatable bonds is 4. The summed E-state index contributed by atoms with van der Waals surface area (Å²) in [5.74, 6) is 0.182. The summed E-state index contributed by atoms with van der Waals surface area (Å²) in [4.78, 5) is 29.5. The van der Waals surface area contributed by atoms with E-state index in [1.54, 1.807) is 0 Å². The predicted octanol–water partition coefficient (Wildman–Crippen LogP) is 3.31. The highest BCUT2D eigenvalue weighted by molar-refractivity contribution is 5.92. The van der Waals surface area contributed by atoms with Crippen LogP contribution in [0, 0.1) is 5.92 Å². The van der Waals surface area contributed by atoms with Crippen LogP contribution in [0.15, 0.2) is 54.6 Å². The second-order valence-electron chi connectivity index (χ2n) is 7.82. The summed E-state index contributed by atoms with van der Waals surface area (Å²) in [7, 11) is 0. The summed E-state index contributed by atoms with van der Waals surface area (Å²) < 4.78 is 0. The number of likely N-dealkylation sites (tertiary alicyclic amines) is 1. The highest BCUT2D eigenvalue weighted by Gasteiger charge is 2.31. The van der Waals surface area contributed by atoms with Gasteiger partial charge in [-0.05, 0) is 49.9 Å². The predicted molar refractivity (Wildman–Crippen MR) is 111 cm³/mol.